The van der Waals surface area contributed by atoms with E-state index in [0.29, 0.717) is 0 Å². The second kappa shape index (κ2) is 9.42. The molecule has 0 radical (unpaired) electrons. The molecule has 0 fully saturated rings. The second-order valence-corrected chi connectivity index (χ2v) is 1.35. The first-order chi connectivity index (χ1) is 2.41. The SMILES string of the molecule is Br.[Li][CH2]CCC. The van der Waals surface area contributed by atoms with Gasteiger partial charge >= 0.3 is 42.6 Å². The van der Waals surface area contributed by atoms with Crippen LogP contribution in [-0.4, -0.2) is 17.7 Å². The fourth-order valence-corrected chi connectivity index (χ4v) is 0.354. The van der Waals surface area contributed by atoms with Gasteiger partial charge in [-0.3, -0.25) is 0 Å². The fourth-order valence-electron chi connectivity index (χ4n) is 0.354. The molecule has 0 aromatic heterocycles. The Hall–Kier alpha value is 1.08. The van der Waals surface area contributed by atoms with Crippen molar-refractivity contribution in [3.8, 4) is 0 Å². The van der Waals surface area contributed by atoms with Crippen LogP contribution in [0.3, 0.4) is 0 Å². The Bertz CT molecular complexity index is 15.0. The van der Waals surface area contributed by atoms with Crippen molar-refractivity contribution in [3.05, 3.63) is 0 Å². The summed E-state index contributed by atoms with van der Waals surface area (Å²) < 4.78 is 0. The van der Waals surface area contributed by atoms with E-state index in [9.17, 15) is 0 Å². The molecule has 6 heavy (non-hydrogen) atoms. The molecule has 0 aliphatic rings. The Morgan fingerprint density at radius 3 is 2.00 bits per heavy atom. The monoisotopic (exact) mass is 144 g/mol. The topological polar surface area (TPSA) is 0 Å². The molecule has 0 atom stereocenters. The van der Waals surface area contributed by atoms with Crippen molar-refractivity contribution < 1.29 is 0 Å². The molecule has 0 rings (SSSR count). The van der Waals surface area contributed by atoms with Crippen molar-refractivity contribution in [2.24, 2.45) is 0 Å². The Labute approximate surface area is 59.7 Å². The third kappa shape index (κ3) is 8.91. The van der Waals surface area contributed by atoms with Crippen LogP contribution in [0.5, 0.6) is 0 Å². The van der Waals surface area contributed by atoms with Crippen molar-refractivity contribution in [3.63, 3.8) is 0 Å². The van der Waals surface area contributed by atoms with E-state index >= 15 is 0 Å². The van der Waals surface area contributed by atoms with Gasteiger partial charge in [-0.25, -0.2) is 0 Å². The molecule has 0 aromatic carbocycles. The van der Waals surface area contributed by atoms with E-state index in [1.54, 1.807) is 0 Å². The predicted molar refractivity (Wildman–Crippen MR) is 35.8 cm³/mol. The molecule has 2 heteroatoms. The van der Waals surface area contributed by atoms with Crippen LogP contribution in [0.15, 0.2) is 0 Å². The number of hydrogen-bond donors (Lipinski definition) is 0. The number of unbranched alkanes of at least 4 members (excludes halogenated alkanes) is 1. The summed E-state index contributed by atoms with van der Waals surface area (Å²) in [5, 5.41) is 1.34. The van der Waals surface area contributed by atoms with Crippen LogP contribution < -0.4 is 0 Å². The zero-order chi connectivity index (χ0) is 4.12. The Morgan fingerprint density at radius 1 is 1.50 bits per heavy atom. The van der Waals surface area contributed by atoms with Gasteiger partial charge in [-0.1, -0.05) is 0 Å². The number of rotatable bonds is 2. The normalized spacial score (nSPS) is 7.17. The van der Waals surface area contributed by atoms with Gasteiger partial charge in [-0.15, -0.1) is 17.0 Å². The van der Waals surface area contributed by atoms with Gasteiger partial charge in [0.05, 0.1) is 0 Å². The molecule has 34 valence electrons. The minimum absolute atomic E-state index is 0. The fraction of sp³-hybridized carbons (Fsp3) is 1.00. The molecule has 0 amide bonds. The molecule has 0 bridgehead atoms. The molecule has 0 heterocycles. The summed E-state index contributed by atoms with van der Waals surface area (Å²) in [5.41, 5.74) is 0. The van der Waals surface area contributed by atoms with Crippen LogP contribution in [0.4, 0.5) is 0 Å². The maximum atomic E-state index is 2.21. The Morgan fingerprint density at radius 2 is 2.00 bits per heavy atom. The van der Waals surface area contributed by atoms with Crippen LogP contribution in [0.1, 0.15) is 19.8 Å². The van der Waals surface area contributed by atoms with Crippen LogP contribution in [-0.2, 0) is 0 Å². The standard InChI is InChI=1S/C4H9.BrH.Li/c1-3-4-2;;/h1,3-4H2,2H3;1H;. The van der Waals surface area contributed by atoms with Crippen molar-refractivity contribution in [1.29, 1.82) is 0 Å². The van der Waals surface area contributed by atoms with Gasteiger partial charge < -0.3 is 0 Å². The molecule has 0 saturated heterocycles. The van der Waals surface area contributed by atoms with Gasteiger partial charge in [0.1, 0.15) is 0 Å². The predicted octanol–water partition coefficient (Wildman–Crippen LogP) is 1.95. The van der Waals surface area contributed by atoms with Gasteiger partial charge in [-0.05, 0) is 0 Å². The first kappa shape index (κ1) is 10.1. The molecule has 0 unspecified atom stereocenters. The first-order valence-corrected chi connectivity index (χ1v) is 2.41. The third-order valence-corrected chi connectivity index (χ3v) is 0.707. The molecular weight excluding hydrogens is 135 g/mol. The van der Waals surface area contributed by atoms with E-state index in [1.165, 1.54) is 17.9 Å². The Kier molecular flexibility index (Phi) is 15.9. The summed E-state index contributed by atoms with van der Waals surface area (Å²) in [6.45, 7) is 2.21. The van der Waals surface area contributed by atoms with Crippen molar-refractivity contribution >= 4 is 34.7 Å². The molecule has 0 N–H and O–H groups in total. The quantitative estimate of drug-likeness (QED) is 0.521. The minimum atomic E-state index is 0. The summed E-state index contributed by atoms with van der Waals surface area (Å²) in [6, 6.07) is 0. The van der Waals surface area contributed by atoms with E-state index in [2.05, 4.69) is 24.6 Å². The van der Waals surface area contributed by atoms with Crippen LogP contribution in [0.25, 0.3) is 0 Å². The van der Waals surface area contributed by atoms with Gasteiger partial charge in [-0.2, -0.15) is 0 Å². The van der Waals surface area contributed by atoms with E-state index in [-0.39, 0.29) is 17.0 Å². The van der Waals surface area contributed by atoms with E-state index in [1.807, 2.05) is 0 Å². The van der Waals surface area contributed by atoms with Gasteiger partial charge in [0.2, 0.25) is 0 Å². The first-order valence-electron chi connectivity index (χ1n) is 2.41. The summed E-state index contributed by atoms with van der Waals surface area (Å²) in [7, 11) is 0. The third-order valence-electron chi connectivity index (χ3n) is 0.707. The average Bonchev–Trinajstić information content (AvgIpc) is 1.41. The molecule has 0 nitrogen and oxygen atoms in total. The molecule has 0 saturated carbocycles. The second-order valence-electron chi connectivity index (χ2n) is 1.35. The molecule has 0 aliphatic carbocycles. The van der Waals surface area contributed by atoms with Crippen LogP contribution in [0.2, 0.25) is 5.09 Å². The van der Waals surface area contributed by atoms with E-state index in [4.69, 9.17) is 0 Å². The number of halogens is 1. The summed E-state index contributed by atoms with van der Waals surface area (Å²) >= 11 is 2.21. The molecule has 0 spiro atoms. The molecular formula is C4H10BrLi. The zero-order valence-corrected chi connectivity index (χ0v) is 6.24. The van der Waals surface area contributed by atoms with E-state index < -0.39 is 0 Å². The Balaban J connectivity index is 0. The zero-order valence-electron chi connectivity index (χ0n) is 4.53. The summed E-state index contributed by atoms with van der Waals surface area (Å²) in [5.74, 6) is 0. The van der Waals surface area contributed by atoms with Gasteiger partial charge in [0.15, 0.2) is 0 Å². The summed E-state index contributed by atoms with van der Waals surface area (Å²) in [6.07, 6.45) is 2.73. The molecule has 0 aromatic rings. The van der Waals surface area contributed by atoms with Crippen molar-refractivity contribution in [2.45, 2.75) is 24.9 Å². The van der Waals surface area contributed by atoms with Crippen molar-refractivity contribution in [1.82, 2.24) is 0 Å². The van der Waals surface area contributed by atoms with Gasteiger partial charge in [0.25, 0.3) is 0 Å². The van der Waals surface area contributed by atoms with Crippen molar-refractivity contribution in [2.75, 3.05) is 0 Å². The number of hydrogen-bond acceptors (Lipinski definition) is 0. The average molecular weight is 145 g/mol. The molecule has 0 aliphatic heterocycles. The van der Waals surface area contributed by atoms with Crippen LogP contribution in [0, 0.1) is 0 Å². The van der Waals surface area contributed by atoms with Crippen LogP contribution >= 0.6 is 17.0 Å². The maximum absolute atomic E-state index is 2.21. The van der Waals surface area contributed by atoms with E-state index in [0.717, 1.165) is 0 Å². The van der Waals surface area contributed by atoms with Gasteiger partial charge in [0, 0.05) is 0 Å². The summed E-state index contributed by atoms with van der Waals surface area (Å²) in [4.78, 5) is 0.